The molecule has 27 heavy (non-hydrogen) atoms. The van der Waals surface area contributed by atoms with Gasteiger partial charge < -0.3 is 5.32 Å². The van der Waals surface area contributed by atoms with Gasteiger partial charge in [-0.25, -0.2) is 17.8 Å². The first kappa shape index (κ1) is 18.8. The predicted molar refractivity (Wildman–Crippen MR) is 102 cm³/mol. The summed E-state index contributed by atoms with van der Waals surface area (Å²) in [5, 5.41) is 6.82. The molecule has 0 spiro atoms. The molecule has 2 N–H and O–H groups in total. The maximum absolute atomic E-state index is 12.2. The van der Waals surface area contributed by atoms with E-state index >= 15 is 0 Å². The van der Waals surface area contributed by atoms with E-state index in [-0.39, 0.29) is 23.9 Å². The Morgan fingerprint density at radius 3 is 2.37 bits per heavy atom. The highest BCUT2D eigenvalue weighted by Gasteiger charge is 2.13. The number of nitrogens with zero attached hydrogens (tertiary/aromatic N) is 2. The molecule has 1 heterocycles. The monoisotopic (exact) mass is 384 g/mol. The zero-order valence-electron chi connectivity index (χ0n) is 14.8. The molecule has 1 amide bonds. The average Bonchev–Trinajstić information content (AvgIpc) is 3.20. The van der Waals surface area contributed by atoms with E-state index in [9.17, 15) is 13.2 Å². The fourth-order valence-electron chi connectivity index (χ4n) is 2.45. The molecule has 0 saturated carbocycles. The van der Waals surface area contributed by atoms with Gasteiger partial charge in [0.05, 0.1) is 10.6 Å². The van der Waals surface area contributed by atoms with Crippen LogP contribution < -0.4 is 10.0 Å². The summed E-state index contributed by atoms with van der Waals surface area (Å²) in [5.74, 6) is -0.267. The quantitative estimate of drug-likeness (QED) is 0.609. The average molecular weight is 384 g/mol. The van der Waals surface area contributed by atoms with Gasteiger partial charge in [-0.3, -0.25) is 4.79 Å². The number of carbonyl (C=O) groups excluding carboxylic acids is 1. The lowest BCUT2D eigenvalue weighted by molar-refractivity contribution is 0.0954. The molecular formula is C19H20N4O3S. The number of hydrogen-bond acceptors (Lipinski definition) is 4. The van der Waals surface area contributed by atoms with Crippen LogP contribution in [0.3, 0.4) is 0 Å². The molecule has 3 aromatic rings. The molecule has 3 rings (SSSR count). The van der Waals surface area contributed by atoms with E-state index in [1.54, 1.807) is 59.4 Å². The van der Waals surface area contributed by atoms with Crippen LogP contribution in [0.25, 0.3) is 5.69 Å². The van der Waals surface area contributed by atoms with E-state index < -0.39 is 10.0 Å². The maximum atomic E-state index is 12.2. The molecule has 0 aliphatic carbocycles. The van der Waals surface area contributed by atoms with Crippen LogP contribution >= 0.6 is 0 Å². The number of aryl methyl sites for hydroxylation is 1. The normalized spacial score (nSPS) is 11.3. The van der Waals surface area contributed by atoms with Crippen molar-refractivity contribution in [2.45, 2.75) is 11.8 Å². The van der Waals surface area contributed by atoms with Crippen molar-refractivity contribution in [3.8, 4) is 5.69 Å². The second-order valence-electron chi connectivity index (χ2n) is 5.96. The summed E-state index contributed by atoms with van der Waals surface area (Å²) in [6.45, 7) is 2.18. The van der Waals surface area contributed by atoms with Gasteiger partial charge in [-0.15, -0.1) is 0 Å². The van der Waals surface area contributed by atoms with Gasteiger partial charge in [0, 0.05) is 31.0 Å². The minimum Gasteiger partial charge on any atom is -0.351 e. The molecule has 1 aromatic heterocycles. The van der Waals surface area contributed by atoms with Gasteiger partial charge in [0.1, 0.15) is 0 Å². The highest BCUT2D eigenvalue weighted by molar-refractivity contribution is 7.89. The van der Waals surface area contributed by atoms with Crippen molar-refractivity contribution < 1.29 is 13.2 Å². The lowest BCUT2D eigenvalue weighted by Crippen LogP contribution is -2.34. The SMILES string of the molecule is Cc1ccc(S(=O)(=O)NCCNC(=O)c2ccc(-n3cccn3)cc2)cc1. The smallest absolute Gasteiger partial charge is 0.251 e. The van der Waals surface area contributed by atoms with Crippen LogP contribution in [0.5, 0.6) is 0 Å². The van der Waals surface area contributed by atoms with Crippen LogP contribution in [0.4, 0.5) is 0 Å². The molecule has 0 atom stereocenters. The molecule has 0 saturated heterocycles. The maximum Gasteiger partial charge on any atom is 0.251 e. The lowest BCUT2D eigenvalue weighted by Gasteiger charge is -2.09. The van der Waals surface area contributed by atoms with Gasteiger partial charge >= 0.3 is 0 Å². The number of carbonyl (C=O) groups is 1. The fraction of sp³-hybridized carbons (Fsp3) is 0.158. The highest BCUT2D eigenvalue weighted by Crippen LogP contribution is 2.10. The Kier molecular flexibility index (Phi) is 5.68. The zero-order chi connectivity index (χ0) is 19.3. The summed E-state index contributed by atoms with van der Waals surface area (Å²) in [6.07, 6.45) is 3.49. The van der Waals surface area contributed by atoms with E-state index in [0.717, 1.165) is 11.3 Å². The summed E-state index contributed by atoms with van der Waals surface area (Å²) in [5.41, 5.74) is 2.33. The first-order valence-electron chi connectivity index (χ1n) is 8.40. The third-order valence-electron chi connectivity index (χ3n) is 3.93. The van der Waals surface area contributed by atoms with Crippen LogP contribution in [0.15, 0.2) is 71.9 Å². The van der Waals surface area contributed by atoms with E-state index in [4.69, 9.17) is 0 Å². The number of benzene rings is 2. The number of amides is 1. The molecule has 0 unspecified atom stereocenters. The van der Waals surface area contributed by atoms with Gasteiger partial charge in [0.15, 0.2) is 0 Å². The lowest BCUT2D eigenvalue weighted by atomic mass is 10.2. The van der Waals surface area contributed by atoms with Crippen molar-refractivity contribution in [1.82, 2.24) is 19.8 Å². The molecule has 2 aromatic carbocycles. The zero-order valence-corrected chi connectivity index (χ0v) is 15.6. The number of nitrogens with one attached hydrogen (secondary N) is 2. The second-order valence-corrected chi connectivity index (χ2v) is 7.73. The first-order chi connectivity index (χ1) is 13.0. The third kappa shape index (κ3) is 4.81. The standard InChI is InChI=1S/C19H20N4O3S/c1-15-3-9-18(10-4-15)27(25,26)22-13-12-20-19(24)16-5-7-17(8-6-16)23-14-2-11-21-23/h2-11,14,22H,12-13H2,1H3,(H,20,24). The van der Waals surface area contributed by atoms with Crippen molar-refractivity contribution in [3.63, 3.8) is 0 Å². The number of hydrogen-bond donors (Lipinski definition) is 2. The number of rotatable bonds is 7. The summed E-state index contributed by atoms with van der Waals surface area (Å²) >= 11 is 0. The van der Waals surface area contributed by atoms with E-state index in [1.807, 2.05) is 19.2 Å². The van der Waals surface area contributed by atoms with Crippen LogP contribution in [0.2, 0.25) is 0 Å². The van der Waals surface area contributed by atoms with Gasteiger partial charge in [-0.1, -0.05) is 17.7 Å². The Labute approximate surface area is 158 Å². The largest absolute Gasteiger partial charge is 0.351 e. The van der Waals surface area contributed by atoms with Gasteiger partial charge in [0.25, 0.3) is 5.91 Å². The van der Waals surface area contributed by atoms with Crippen molar-refractivity contribution in [3.05, 3.63) is 78.1 Å². The first-order valence-corrected chi connectivity index (χ1v) is 9.89. The van der Waals surface area contributed by atoms with Gasteiger partial charge in [0.2, 0.25) is 10.0 Å². The Balaban J connectivity index is 1.50. The molecule has 0 fully saturated rings. The van der Waals surface area contributed by atoms with Crippen molar-refractivity contribution >= 4 is 15.9 Å². The van der Waals surface area contributed by atoms with Crippen molar-refractivity contribution in [1.29, 1.82) is 0 Å². The van der Waals surface area contributed by atoms with Crippen LogP contribution in [0, 0.1) is 6.92 Å². The van der Waals surface area contributed by atoms with Gasteiger partial charge in [-0.05, 0) is 49.4 Å². The van der Waals surface area contributed by atoms with Gasteiger partial charge in [-0.2, -0.15) is 5.10 Å². The van der Waals surface area contributed by atoms with Crippen LogP contribution in [-0.2, 0) is 10.0 Å². The molecule has 0 aliphatic rings. The van der Waals surface area contributed by atoms with E-state index in [2.05, 4.69) is 15.1 Å². The molecule has 0 aliphatic heterocycles. The number of sulfonamides is 1. The van der Waals surface area contributed by atoms with Crippen LogP contribution in [0.1, 0.15) is 15.9 Å². The second kappa shape index (κ2) is 8.15. The van der Waals surface area contributed by atoms with Crippen molar-refractivity contribution in [2.24, 2.45) is 0 Å². The molecule has 140 valence electrons. The topological polar surface area (TPSA) is 93.1 Å². The molecular weight excluding hydrogens is 364 g/mol. The molecule has 0 radical (unpaired) electrons. The van der Waals surface area contributed by atoms with Crippen molar-refractivity contribution in [2.75, 3.05) is 13.1 Å². The Morgan fingerprint density at radius 2 is 1.74 bits per heavy atom. The predicted octanol–water partition coefficient (Wildman–Crippen LogP) is 1.89. The number of aromatic nitrogens is 2. The summed E-state index contributed by atoms with van der Waals surface area (Å²) in [4.78, 5) is 12.4. The Morgan fingerprint density at radius 1 is 1.04 bits per heavy atom. The fourth-order valence-corrected chi connectivity index (χ4v) is 3.48. The molecule has 8 heteroatoms. The summed E-state index contributed by atoms with van der Waals surface area (Å²) < 4.78 is 28.5. The summed E-state index contributed by atoms with van der Waals surface area (Å²) in [6, 6.07) is 15.4. The summed E-state index contributed by atoms with van der Waals surface area (Å²) in [7, 11) is -3.58. The van der Waals surface area contributed by atoms with E-state index in [0.29, 0.717) is 5.56 Å². The minimum absolute atomic E-state index is 0.104. The third-order valence-corrected chi connectivity index (χ3v) is 5.41. The Hall–Kier alpha value is -2.97. The van der Waals surface area contributed by atoms with Crippen LogP contribution in [-0.4, -0.2) is 37.2 Å². The molecule has 0 bridgehead atoms. The Bertz CT molecular complexity index is 996. The molecule has 7 nitrogen and oxygen atoms in total. The highest BCUT2D eigenvalue weighted by atomic mass is 32.2. The minimum atomic E-state index is -3.58. The van der Waals surface area contributed by atoms with E-state index in [1.165, 1.54) is 0 Å².